The topological polar surface area (TPSA) is 34.7 Å². The van der Waals surface area contributed by atoms with Crippen molar-refractivity contribution in [1.82, 2.24) is 0 Å². The number of hydrogen-bond donors (Lipinski definition) is 0. The Kier molecular flexibility index (Phi) is 5.26. The zero-order chi connectivity index (χ0) is 21.3. The third kappa shape index (κ3) is 4.04. The Morgan fingerprint density at radius 3 is 2.37 bits per heavy atom. The summed E-state index contributed by atoms with van der Waals surface area (Å²) in [5, 5.41) is 1.26. The minimum atomic E-state index is -4.52. The number of para-hydroxylation sites is 1. The maximum atomic E-state index is 13.4. The predicted molar refractivity (Wildman–Crippen MR) is 110 cm³/mol. The lowest BCUT2D eigenvalue weighted by atomic mass is 10.1. The molecule has 0 N–H and O–H groups in total. The molecule has 0 saturated heterocycles. The molecule has 3 nitrogen and oxygen atoms in total. The number of hydrogen-bond acceptors (Lipinski definition) is 3. The summed E-state index contributed by atoms with van der Waals surface area (Å²) in [6, 6.07) is 18.9. The summed E-state index contributed by atoms with van der Waals surface area (Å²) in [6.07, 6.45) is -4.52. The van der Waals surface area contributed by atoms with Gasteiger partial charge in [-0.2, -0.15) is 13.2 Å². The van der Waals surface area contributed by atoms with Crippen LogP contribution in [-0.4, -0.2) is 7.11 Å². The Balaban J connectivity index is 1.99. The molecule has 0 saturated carbocycles. The fourth-order valence-electron chi connectivity index (χ4n) is 3.07. The van der Waals surface area contributed by atoms with E-state index in [2.05, 4.69) is 4.99 Å². The van der Waals surface area contributed by atoms with E-state index in [4.69, 9.17) is 20.8 Å². The number of benzene rings is 3. The summed E-state index contributed by atoms with van der Waals surface area (Å²) < 4.78 is 51.4. The SMILES string of the molecule is COc1ccc(-c2cc(=Nc3ccccc3C(F)(F)F)c3cc(Cl)ccc3o2)cc1. The number of alkyl halides is 3. The van der Waals surface area contributed by atoms with Gasteiger partial charge in [0.25, 0.3) is 0 Å². The Bertz CT molecular complexity index is 1280. The van der Waals surface area contributed by atoms with Crippen LogP contribution in [0.15, 0.2) is 82.2 Å². The molecule has 7 heteroatoms. The Hall–Kier alpha value is -3.25. The molecule has 0 atom stereocenters. The monoisotopic (exact) mass is 429 g/mol. The van der Waals surface area contributed by atoms with Crippen molar-refractivity contribution in [2.45, 2.75) is 6.18 Å². The lowest BCUT2D eigenvalue weighted by Gasteiger charge is -2.10. The van der Waals surface area contributed by atoms with Gasteiger partial charge in [0.1, 0.15) is 17.1 Å². The molecule has 0 amide bonds. The van der Waals surface area contributed by atoms with Crippen molar-refractivity contribution in [2.24, 2.45) is 4.99 Å². The van der Waals surface area contributed by atoms with Crippen molar-refractivity contribution < 1.29 is 22.3 Å². The van der Waals surface area contributed by atoms with Gasteiger partial charge in [-0.05, 0) is 54.6 Å². The third-order valence-electron chi connectivity index (χ3n) is 4.53. The highest BCUT2D eigenvalue weighted by Gasteiger charge is 2.33. The van der Waals surface area contributed by atoms with Crippen LogP contribution in [0.4, 0.5) is 18.9 Å². The van der Waals surface area contributed by atoms with Gasteiger partial charge < -0.3 is 9.15 Å². The molecule has 1 aromatic heterocycles. The highest BCUT2D eigenvalue weighted by atomic mass is 35.5. The second-order valence-electron chi connectivity index (χ2n) is 6.49. The molecule has 3 aromatic carbocycles. The summed E-state index contributed by atoms with van der Waals surface area (Å²) in [5.74, 6) is 1.13. The number of rotatable bonds is 3. The highest BCUT2D eigenvalue weighted by molar-refractivity contribution is 6.31. The molecule has 4 rings (SSSR count). The van der Waals surface area contributed by atoms with Crippen LogP contribution < -0.4 is 10.1 Å². The normalized spacial score (nSPS) is 12.4. The van der Waals surface area contributed by atoms with E-state index in [-0.39, 0.29) is 5.69 Å². The van der Waals surface area contributed by atoms with Crippen LogP contribution in [0.25, 0.3) is 22.3 Å². The molecule has 0 bridgehead atoms. The van der Waals surface area contributed by atoms with E-state index in [1.54, 1.807) is 55.6 Å². The first kappa shape index (κ1) is 20.0. The lowest BCUT2D eigenvalue weighted by molar-refractivity contribution is -0.137. The summed E-state index contributed by atoms with van der Waals surface area (Å²) >= 11 is 6.11. The van der Waals surface area contributed by atoms with Crippen molar-refractivity contribution in [3.63, 3.8) is 0 Å². The zero-order valence-corrected chi connectivity index (χ0v) is 16.5. The molecule has 30 heavy (non-hydrogen) atoms. The fourth-order valence-corrected chi connectivity index (χ4v) is 3.24. The Morgan fingerprint density at radius 1 is 0.933 bits per heavy atom. The van der Waals surface area contributed by atoms with Crippen molar-refractivity contribution in [1.29, 1.82) is 0 Å². The van der Waals surface area contributed by atoms with Gasteiger partial charge in [0.05, 0.1) is 23.7 Å². The Labute approximate surface area is 175 Å². The minimum absolute atomic E-state index is 0.182. The standard InChI is InChI=1S/C23H15ClF3NO2/c1-29-16-9-6-14(7-10-16)22-13-20(17-12-15(24)8-11-21(17)30-22)28-19-5-3-2-4-18(19)23(25,26)27/h2-13H,1H3. The molecular weight excluding hydrogens is 415 g/mol. The average molecular weight is 430 g/mol. The average Bonchev–Trinajstić information content (AvgIpc) is 2.73. The smallest absolute Gasteiger partial charge is 0.418 e. The lowest BCUT2D eigenvalue weighted by Crippen LogP contribution is -2.08. The van der Waals surface area contributed by atoms with Gasteiger partial charge in [-0.1, -0.05) is 23.7 Å². The molecule has 0 aliphatic heterocycles. The van der Waals surface area contributed by atoms with E-state index in [0.29, 0.717) is 32.9 Å². The van der Waals surface area contributed by atoms with Gasteiger partial charge in [0.2, 0.25) is 0 Å². The quantitative estimate of drug-likeness (QED) is 0.351. The molecule has 1 heterocycles. The van der Waals surface area contributed by atoms with Crippen molar-refractivity contribution in [2.75, 3.05) is 7.11 Å². The van der Waals surface area contributed by atoms with E-state index in [0.717, 1.165) is 11.6 Å². The third-order valence-corrected chi connectivity index (χ3v) is 4.77. The van der Waals surface area contributed by atoms with Crippen molar-refractivity contribution in [3.05, 3.63) is 88.7 Å². The van der Waals surface area contributed by atoms with Gasteiger partial charge in [0.15, 0.2) is 0 Å². The first-order valence-corrected chi connectivity index (χ1v) is 9.32. The Morgan fingerprint density at radius 2 is 1.67 bits per heavy atom. The molecule has 0 aliphatic carbocycles. The van der Waals surface area contributed by atoms with E-state index in [1.165, 1.54) is 18.2 Å². The van der Waals surface area contributed by atoms with E-state index < -0.39 is 11.7 Å². The molecule has 0 radical (unpaired) electrons. The van der Waals surface area contributed by atoms with Crippen LogP contribution in [-0.2, 0) is 6.18 Å². The number of fused-ring (bicyclic) bond motifs is 1. The molecule has 0 aliphatic rings. The van der Waals surface area contributed by atoms with Gasteiger partial charge in [-0.3, -0.25) is 0 Å². The van der Waals surface area contributed by atoms with Gasteiger partial charge in [-0.25, -0.2) is 4.99 Å². The van der Waals surface area contributed by atoms with Crippen molar-refractivity contribution in [3.8, 4) is 17.1 Å². The van der Waals surface area contributed by atoms with Crippen LogP contribution in [0.3, 0.4) is 0 Å². The molecular formula is C23H15ClF3NO2. The number of nitrogens with zero attached hydrogens (tertiary/aromatic N) is 1. The molecule has 0 spiro atoms. The number of halogens is 4. The van der Waals surface area contributed by atoms with Crippen molar-refractivity contribution >= 4 is 28.3 Å². The van der Waals surface area contributed by atoms with Crippen LogP contribution in [0.1, 0.15) is 5.56 Å². The van der Waals surface area contributed by atoms with Gasteiger partial charge in [-0.15, -0.1) is 0 Å². The second-order valence-corrected chi connectivity index (χ2v) is 6.93. The summed E-state index contributed by atoms with van der Waals surface area (Å²) in [7, 11) is 1.56. The highest BCUT2D eigenvalue weighted by Crippen LogP contribution is 2.36. The molecule has 4 aromatic rings. The van der Waals surface area contributed by atoms with Crippen LogP contribution in [0.2, 0.25) is 5.02 Å². The number of ether oxygens (including phenoxy) is 1. The first-order valence-electron chi connectivity index (χ1n) is 8.94. The fraction of sp³-hybridized carbons (Fsp3) is 0.0870. The van der Waals surface area contributed by atoms with Crippen LogP contribution >= 0.6 is 11.6 Å². The van der Waals surface area contributed by atoms with E-state index in [9.17, 15) is 13.2 Å². The minimum Gasteiger partial charge on any atom is -0.497 e. The molecule has 152 valence electrons. The van der Waals surface area contributed by atoms with E-state index in [1.807, 2.05) is 0 Å². The summed E-state index contributed by atoms with van der Waals surface area (Å²) in [6.45, 7) is 0. The van der Waals surface area contributed by atoms with Crippen LogP contribution in [0.5, 0.6) is 5.75 Å². The van der Waals surface area contributed by atoms with Gasteiger partial charge in [0, 0.05) is 22.0 Å². The second kappa shape index (κ2) is 7.88. The summed E-state index contributed by atoms with van der Waals surface area (Å²) in [4.78, 5) is 4.33. The maximum Gasteiger partial charge on any atom is 0.418 e. The maximum absolute atomic E-state index is 13.4. The zero-order valence-electron chi connectivity index (χ0n) is 15.7. The van der Waals surface area contributed by atoms with Crippen LogP contribution in [0, 0.1) is 0 Å². The summed E-state index contributed by atoms with van der Waals surface area (Å²) in [5.41, 5.74) is 0.189. The predicted octanol–water partition coefficient (Wildman–Crippen LogP) is 7.01. The van der Waals surface area contributed by atoms with Gasteiger partial charge >= 0.3 is 6.18 Å². The molecule has 0 unspecified atom stereocenters. The van der Waals surface area contributed by atoms with E-state index >= 15 is 0 Å². The molecule has 0 fully saturated rings. The number of methoxy groups -OCH3 is 1. The largest absolute Gasteiger partial charge is 0.497 e. The first-order chi connectivity index (χ1) is 14.3.